The van der Waals surface area contributed by atoms with Crippen LogP contribution in [0.4, 0.5) is 11.4 Å². The van der Waals surface area contributed by atoms with Gasteiger partial charge in [0.15, 0.2) is 5.71 Å². The van der Waals surface area contributed by atoms with Gasteiger partial charge in [0.25, 0.3) is 0 Å². The van der Waals surface area contributed by atoms with Crippen molar-refractivity contribution in [1.29, 1.82) is 0 Å². The Hall–Kier alpha value is -2.96. The summed E-state index contributed by atoms with van der Waals surface area (Å²) >= 11 is 0. The zero-order chi connectivity index (χ0) is 20.5. The SMILES string of the molecule is C=C(C(=NN(C)c1ccc(N2CCCC2)cc1)C(=O)OCC)N(C)C=CNC. The van der Waals surface area contributed by atoms with Crippen LogP contribution in [0.3, 0.4) is 0 Å². The minimum atomic E-state index is -0.502. The lowest BCUT2D eigenvalue weighted by Crippen LogP contribution is -2.29. The summed E-state index contributed by atoms with van der Waals surface area (Å²) in [5, 5.41) is 9.06. The van der Waals surface area contributed by atoms with Crippen molar-refractivity contribution in [3.63, 3.8) is 0 Å². The molecule has 0 bridgehead atoms. The van der Waals surface area contributed by atoms with Gasteiger partial charge in [-0.1, -0.05) is 6.58 Å². The van der Waals surface area contributed by atoms with Crippen LogP contribution >= 0.6 is 0 Å². The molecule has 0 unspecified atom stereocenters. The lowest BCUT2D eigenvalue weighted by Gasteiger charge is -2.22. The number of hydrogen-bond acceptors (Lipinski definition) is 7. The Kier molecular flexibility index (Phi) is 7.92. The van der Waals surface area contributed by atoms with E-state index in [2.05, 4.69) is 34.0 Å². The maximum Gasteiger partial charge on any atom is 0.360 e. The molecule has 1 fully saturated rings. The monoisotopic (exact) mass is 385 g/mol. The summed E-state index contributed by atoms with van der Waals surface area (Å²) in [6, 6.07) is 8.20. The fraction of sp³-hybridized carbons (Fsp3) is 0.429. The van der Waals surface area contributed by atoms with Gasteiger partial charge in [0.2, 0.25) is 0 Å². The fourth-order valence-corrected chi connectivity index (χ4v) is 2.92. The zero-order valence-corrected chi connectivity index (χ0v) is 17.3. The van der Waals surface area contributed by atoms with Crippen LogP contribution in [0.1, 0.15) is 19.8 Å². The maximum absolute atomic E-state index is 12.4. The minimum absolute atomic E-state index is 0.163. The molecule has 2 rings (SSSR count). The van der Waals surface area contributed by atoms with Gasteiger partial charge in [0.05, 0.1) is 18.0 Å². The normalized spacial score (nSPS) is 14.3. The largest absolute Gasteiger partial charge is 0.461 e. The summed E-state index contributed by atoms with van der Waals surface area (Å²) in [5.74, 6) is -0.502. The molecule has 1 aromatic rings. The number of hydrogen-bond donors (Lipinski definition) is 1. The van der Waals surface area contributed by atoms with Gasteiger partial charge in [0.1, 0.15) is 0 Å². The quantitative estimate of drug-likeness (QED) is 0.401. The van der Waals surface area contributed by atoms with Gasteiger partial charge in [-0.3, -0.25) is 5.01 Å². The average molecular weight is 386 g/mol. The van der Waals surface area contributed by atoms with Crippen molar-refractivity contribution in [3.05, 3.63) is 48.9 Å². The van der Waals surface area contributed by atoms with Gasteiger partial charge in [-0.05, 0) is 44.0 Å². The maximum atomic E-state index is 12.4. The molecule has 1 heterocycles. The van der Waals surface area contributed by atoms with Gasteiger partial charge >= 0.3 is 5.97 Å². The second-order valence-corrected chi connectivity index (χ2v) is 6.57. The lowest BCUT2D eigenvalue weighted by atomic mass is 10.2. The van der Waals surface area contributed by atoms with Crippen LogP contribution in [0.5, 0.6) is 0 Å². The number of rotatable bonds is 9. The van der Waals surface area contributed by atoms with E-state index in [4.69, 9.17) is 4.74 Å². The first-order valence-corrected chi connectivity index (χ1v) is 9.58. The Morgan fingerprint density at radius 1 is 1.29 bits per heavy atom. The molecule has 1 aliphatic heterocycles. The van der Waals surface area contributed by atoms with Crippen molar-refractivity contribution in [1.82, 2.24) is 10.2 Å². The number of hydrazone groups is 1. The molecule has 0 atom stereocenters. The van der Waals surface area contributed by atoms with Crippen LogP contribution < -0.4 is 15.2 Å². The van der Waals surface area contributed by atoms with E-state index in [1.54, 1.807) is 50.4 Å². The molecule has 0 saturated carbocycles. The first kappa shape index (κ1) is 21.3. The van der Waals surface area contributed by atoms with E-state index >= 15 is 0 Å². The van der Waals surface area contributed by atoms with Gasteiger partial charge in [-0.15, -0.1) is 0 Å². The standard InChI is InChI=1S/C21H31N5O2/c1-6-28-21(27)20(17(2)24(4)16-13-22-3)23-25(5)18-9-11-19(12-10-18)26-14-7-8-15-26/h9-13,16,22H,2,6-8,14-15H2,1,3-5H3. The summed E-state index contributed by atoms with van der Waals surface area (Å²) in [6.07, 6.45) is 6.00. The van der Waals surface area contributed by atoms with Gasteiger partial charge in [0, 0.05) is 52.3 Å². The summed E-state index contributed by atoms with van der Waals surface area (Å²) in [4.78, 5) is 16.5. The molecule has 7 heteroatoms. The zero-order valence-electron chi connectivity index (χ0n) is 17.3. The molecule has 0 aliphatic carbocycles. The molecular weight excluding hydrogens is 354 g/mol. The molecule has 152 valence electrons. The van der Waals surface area contributed by atoms with E-state index in [0.29, 0.717) is 5.70 Å². The highest BCUT2D eigenvalue weighted by Gasteiger charge is 2.20. The first-order chi connectivity index (χ1) is 13.5. The average Bonchev–Trinajstić information content (AvgIpc) is 3.24. The Morgan fingerprint density at radius 2 is 1.93 bits per heavy atom. The third-order valence-corrected chi connectivity index (χ3v) is 4.58. The lowest BCUT2D eigenvalue weighted by molar-refractivity contribution is -0.135. The molecule has 0 amide bonds. The van der Waals surface area contributed by atoms with E-state index in [-0.39, 0.29) is 12.3 Å². The van der Waals surface area contributed by atoms with Crippen LogP contribution in [-0.2, 0) is 9.53 Å². The van der Waals surface area contributed by atoms with Crippen LogP contribution in [0, 0.1) is 0 Å². The highest BCUT2D eigenvalue weighted by molar-refractivity contribution is 6.43. The molecule has 28 heavy (non-hydrogen) atoms. The van der Waals surface area contributed by atoms with Crippen LogP contribution in [0.25, 0.3) is 0 Å². The molecule has 1 saturated heterocycles. The van der Waals surface area contributed by atoms with Crippen molar-refractivity contribution in [2.24, 2.45) is 5.10 Å². The van der Waals surface area contributed by atoms with E-state index in [1.807, 2.05) is 12.1 Å². The minimum Gasteiger partial charge on any atom is -0.461 e. The van der Waals surface area contributed by atoms with E-state index in [0.717, 1.165) is 18.8 Å². The molecule has 1 aliphatic rings. The highest BCUT2D eigenvalue weighted by atomic mass is 16.5. The van der Waals surface area contributed by atoms with Gasteiger partial charge in [-0.25, -0.2) is 4.79 Å². The number of nitrogens with one attached hydrogen (secondary N) is 1. The number of carbonyl (C=O) groups is 1. The van der Waals surface area contributed by atoms with Crippen molar-refractivity contribution < 1.29 is 9.53 Å². The predicted molar refractivity (Wildman–Crippen MR) is 115 cm³/mol. The van der Waals surface area contributed by atoms with Crippen LogP contribution in [-0.4, -0.2) is 57.4 Å². The third-order valence-electron chi connectivity index (χ3n) is 4.58. The molecule has 0 spiro atoms. The smallest absolute Gasteiger partial charge is 0.360 e. The number of anilines is 2. The Balaban J connectivity index is 2.22. The van der Waals surface area contributed by atoms with Crippen LogP contribution in [0.15, 0.2) is 54.0 Å². The van der Waals surface area contributed by atoms with Gasteiger partial charge < -0.3 is 19.9 Å². The van der Waals surface area contributed by atoms with Crippen molar-refractivity contribution in [2.45, 2.75) is 19.8 Å². The second kappa shape index (κ2) is 10.4. The molecule has 0 radical (unpaired) electrons. The number of nitrogens with zero attached hydrogens (tertiary/aromatic N) is 4. The fourth-order valence-electron chi connectivity index (χ4n) is 2.92. The van der Waals surface area contributed by atoms with Crippen molar-refractivity contribution in [3.8, 4) is 0 Å². The number of ether oxygens (including phenoxy) is 1. The Morgan fingerprint density at radius 3 is 2.50 bits per heavy atom. The van der Waals surface area contributed by atoms with E-state index < -0.39 is 5.97 Å². The summed E-state index contributed by atoms with van der Waals surface area (Å²) in [7, 11) is 5.41. The Labute approximate surface area is 167 Å². The number of benzene rings is 1. The molecule has 1 N–H and O–H groups in total. The Bertz CT molecular complexity index is 721. The summed E-state index contributed by atoms with van der Waals surface area (Å²) in [6.45, 7) is 8.25. The molecule has 0 aromatic heterocycles. The number of esters is 1. The van der Waals surface area contributed by atoms with E-state index in [1.165, 1.54) is 18.5 Å². The third kappa shape index (κ3) is 5.52. The topological polar surface area (TPSA) is 60.4 Å². The van der Waals surface area contributed by atoms with Crippen molar-refractivity contribution >= 4 is 23.1 Å². The van der Waals surface area contributed by atoms with Gasteiger partial charge in [-0.2, -0.15) is 5.10 Å². The van der Waals surface area contributed by atoms with Crippen LogP contribution in [0.2, 0.25) is 0 Å². The highest BCUT2D eigenvalue weighted by Crippen LogP contribution is 2.23. The summed E-state index contributed by atoms with van der Waals surface area (Å²) < 4.78 is 5.17. The molecular formula is C21H31N5O2. The predicted octanol–water partition coefficient (Wildman–Crippen LogP) is 2.78. The second-order valence-electron chi connectivity index (χ2n) is 6.57. The number of carbonyl (C=O) groups excluding carboxylic acids is 1. The van der Waals surface area contributed by atoms with E-state index in [9.17, 15) is 4.79 Å². The first-order valence-electron chi connectivity index (χ1n) is 9.58. The molecule has 7 nitrogen and oxygen atoms in total. The van der Waals surface area contributed by atoms with Crippen molar-refractivity contribution in [2.75, 3.05) is 50.7 Å². The summed E-state index contributed by atoms with van der Waals surface area (Å²) in [5.41, 5.74) is 2.71. The molecule has 1 aromatic carbocycles.